The molecule has 1 rings (SSSR count). The van der Waals surface area contributed by atoms with Crippen LogP contribution in [0.3, 0.4) is 0 Å². The quantitative estimate of drug-likeness (QED) is 0.470. The lowest BCUT2D eigenvalue weighted by Gasteiger charge is -2.05. The number of carbonyl (C=O) groups excluding carboxylic acids is 1. The molecule has 0 saturated heterocycles. The lowest BCUT2D eigenvalue weighted by atomic mass is 10.2. The van der Waals surface area contributed by atoms with Crippen LogP contribution in [0, 0.1) is 11.6 Å². The zero-order chi connectivity index (χ0) is 12.7. The van der Waals surface area contributed by atoms with E-state index in [1.54, 1.807) is 0 Å². The van der Waals surface area contributed by atoms with Crippen LogP contribution >= 0.6 is 22.6 Å². The summed E-state index contributed by atoms with van der Waals surface area (Å²) in [6.07, 6.45) is 0. The predicted octanol–water partition coefficient (Wildman–Crippen LogP) is 2.81. The highest BCUT2D eigenvalue weighted by molar-refractivity contribution is 14.1. The van der Waals surface area contributed by atoms with Crippen LogP contribution in [0.1, 0.15) is 10.4 Å². The van der Waals surface area contributed by atoms with Gasteiger partial charge in [-0.15, -0.1) is 0 Å². The highest BCUT2D eigenvalue weighted by atomic mass is 127. The number of methoxy groups -OCH3 is 2. The number of ether oxygens (including phenoxy) is 2. The van der Waals surface area contributed by atoms with Crippen molar-refractivity contribution < 1.29 is 23.0 Å². The predicted molar refractivity (Wildman–Crippen MR) is 64.2 cm³/mol. The summed E-state index contributed by atoms with van der Waals surface area (Å²) >= 11 is 2.15. The molecule has 1 aromatic carbocycles. The van der Waals surface area contributed by atoms with Crippen molar-refractivity contribution in [3.8, 4) is 5.75 Å². The molecule has 6 heteroatoms. The third-order valence-electron chi connectivity index (χ3n) is 1.67. The molecule has 0 aliphatic carbocycles. The van der Waals surface area contributed by atoms with Gasteiger partial charge in [-0.2, -0.15) is 4.39 Å². The molecule has 0 saturated carbocycles. The normalized spacial score (nSPS) is 8.88. The standard InChI is InChI=1S/C9H8F2O3.CH3I/c1-13-6-4-3-5(9(12)14-2)7(10)8(6)11;1-2/h3-4H,1-2H3;1H3. The minimum atomic E-state index is -1.27. The number of hydrogen-bond donors (Lipinski definition) is 0. The van der Waals surface area contributed by atoms with E-state index in [4.69, 9.17) is 0 Å². The number of hydrogen-bond acceptors (Lipinski definition) is 3. The van der Waals surface area contributed by atoms with E-state index < -0.39 is 23.2 Å². The largest absolute Gasteiger partial charge is 0.494 e. The summed E-state index contributed by atoms with van der Waals surface area (Å²) in [7, 11) is 2.29. The maximum absolute atomic E-state index is 13.1. The molecule has 90 valence electrons. The van der Waals surface area contributed by atoms with Gasteiger partial charge in [0, 0.05) is 0 Å². The van der Waals surface area contributed by atoms with Crippen LogP contribution in [-0.2, 0) is 4.74 Å². The molecular formula is C10H11F2IO3. The molecule has 0 bridgehead atoms. The van der Waals surface area contributed by atoms with Gasteiger partial charge in [0.1, 0.15) is 0 Å². The third kappa shape index (κ3) is 3.29. The summed E-state index contributed by atoms with van der Waals surface area (Å²) < 4.78 is 35.0. The Morgan fingerprint density at radius 3 is 2.19 bits per heavy atom. The molecule has 0 N–H and O–H groups in total. The average molecular weight is 344 g/mol. The van der Waals surface area contributed by atoms with Crippen molar-refractivity contribution in [3.05, 3.63) is 29.3 Å². The van der Waals surface area contributed by atoms with Gasteiger partial charge in [0.2, 0.25) is 5.82 Å². The van der Waals surface area contributed by atoms with E-state index in [1.807, 2.05) is 4.93 Å². The van der Waals surface area contributed by atoms with Gasteiger partial charge >= 0.3 is 5.97 Å². The van der Waals surface area contributed by atoms with Crippen molar-refractivity contribution in [1.29, 1.82) is 0 Å². The van der Waals surface area contributed by atoms with E-state index in [1.165, 1.54) is 7.11 Å². The Bertz CT molecular complexity index is 369. The topological polar surface area (TPSA) is 35.5 Å². The highest BCUT2D eigenvalue weighted by Crippen LogP contribution is 2.22. The Morgan fingerprint density at radius 1 is 1.19 bits per heavy atom. The number of esters is 1. The van der Waals surface area contributed by atoms with Gasteiger partial charge in [-0.05, 0) is 17.1 Å². The Labute approximate surface area is 106 Å². The second-order valence-electron chi connectivity index (χ2n) is 2.43. The van der Waals surface area contributed by atoms with Crippen LogP contribution < -0.4 is 4.74 Å². The number of alkyl halides is 1. The van der Waals surface area contributed by atoms with Crippen molar-refractivity contribution in [2.24, 2.45) is 0 Å². The summed E-state index contributed by atoms with van der Waals surface area (Å²) in [4.78, 5) is 12.9. The van der Waals surface area contributed by atoms with Crippen LogP contribution in [0.15, 0.2) is 12.1 Å². The minimum absolute atomic E-state index is 0.254. The van der Waals surface area contributed by atoms with Gasteiger partial charge in [0.05, 0.1) is 19.8 Å². The molecule has 16 heavy (non-hydrogen) atoms. The first-order valence-electron chi connectivity index (χ1n) is 4.10. The second kappa shape index (κ2) is 7.37. The first kappa shape index (κ1) is 15.1. The van der Waals surface area contributed by atoms with Crippen molar-refractivity contribution in [1.82, 2.24) is 0 Å². The van der Waals surface area contributed by atoms with E-state index >= 15 is 0 Å². The van der Waals surface area contributed by atoms with Crippen molar-refractivity contribution in [2.45, 2.75) is 0 Å². The summed E-state index contributed by atoms with van der Waals surface area (Å²) in [6.45, 7) is 0. The number of rotatable bonds is 2. The second-order valence-corrected chi connectivity index (χ2v) is 2.43. The zero-order valence-corrected chi connectivity index (χ0v) is 11.2. The van der Waals surface area contributed by atoms with Crippen molar-refractivity contribution in [2.75, 3.05) is 19.2 Å². The van der Waals surface area contributed by atoms with Gasteiger partial charge in [-0.25, -0.2) is 9.18 Å². The van der Waals surface area contributed by atoms with E-state index in [0.717, 1.165) is 19.2 Å². The molecule has 0 heterocycles. The zero-order valence-electron chi connectivity index (χ0n) is 9.01. The molecule has 0 aliphatic heterocycles. The van der Waals surface area contributed by atoms with E-state index in [9.17, 15) is 13.6 Å². The molecule has 0 amide bonds. The molecule has 0 unspecified atom stereocenters. The molecule has 0 radical (unpaired) electrons. The maximum atomic E-state index is 13.1. The molecule has 0 atom stereocenters. The van der Waals surface area contributed by atoms with Crippen LogP contribution in [-0.4, -0.2) is 25.1 Å². The maximum Gasteiger partial charge on any atom is 0.340 e. The minimum Gasteiger partial charge on any atom is -0.494 e. The fourth-order valence-electron chi connectivity index (χ4n) is 0.957. The monoisotopic (exact) mass is 344 g/mol. The molecule has 3 nitrogen and oxygen atoms in total. The van der Waals surface area contributed by atoms with Crippen molar-refractivity contribution in [3.63, 3.8) is 0 Å². The Kier molecular flexibility index (Phi) is 6.95. The van der Waals surface area contributed by atoms with Crippen LogP contribution in [0.4, 0.5) is 8.78 Å². The van der Waals surface area contributed by atoms with E-state index in [-0.39, 0.29) is 5.75 Å². The van der Waals surface area contributed by atoms with Crippen LogP contribution in [0.2, 0.25) is 0 Å². The van der Waals surface area contributed by atoms with Gasteiger partial charge in [-0.1, -0.05) is 22.6 Å². The summed E-state index contributed by atoms with van der Waals surface area (Å²) in [6, 6.07) is 2.26. The smallest absolute Gasteiger partial charge is 0.340 e. The molecule has 0 spiro atoms. The number of carbonyl (C=O) groups is 1. The first-order chi connectivity index (χ1) is 7.61. The van der Waals surface area contributed by atoms with Gasteiger partial charge < -0.3 is 9.47 Å². The first-order valence-corrected chi connectivity index (χ1v) is 6.25. The molecular weight excluding hydrogens is 333 g/mol. The fourth-order valence-corrected chi connectivity index (χ4v) is 0.957. The van der Waals surface area contributed by atoms with Crippen LogP contribution in [0.25, 0.3) is 0 Å². The number of halogens is 3. The van der Waals surface area contributed by atoms with Gasteiger partial charge in [0.25, 0.3) is 0 Å². The van der Waals surface area contributed by atoms with Crippen LogP contribution in [0.5, 0.6) is 5.75 Å². The van der Waals surface area contributed by atoms with E-state index in [2.05, 4.69) is 32.1 Å². The third-order valence-corrected chi connectivity index (χ3v) is 1.67. The van der Waals surface area contributed by atoms with Gasteiger partial charge in [-0.3, -0.25) is 0 Å². The lowest BCUT2D eigenvalue weighted by Crippen LogP contribution is -2.06. The Morgan fingerprint density at radius 2 is 1.75 bits per heavy atom. The lowest BCUT2D eigenvalue weighted by molar-refractivity contribution is 0.0594. The fraction of sp³-hybridized carbons (Fsp3) is 0.300. The molecule has 0 aromatic heterocycles. The Hall–Kier alpha value is -0.920. The summed E-state index contributed by atoms with van der Waals surface area (Å²) in [5.41, 5.74) is -0.453. The van der Waals surface area contributed by atoms with Gasteiger partial charge in [0.15, 0.2) is 11.6 Å². The highest BCUT2D eigenvalue weighted by Gasteiger charge is 2.19. The number of benzene rings is 1. The molecule has 0 aliphatic rings. The van der Waals surface area contributed by atoms with E-state index in [0.29, 0.717) is 0 Å². The summed E-state index contributed by atoms with van der Waals surface area (Å²) in [5.74, 6) is -3.65. The molecule has 1 aromatic rings. The summed E-state index contributed by atoms with van der Waals surface area (Å²) in [5, 5.41) is 0. The molecule has 0 fully saturated rings. The average Bonchev–Trinajstić information content (AvgIpc) is 2.34. The SMILES string of the molecule is CI.COC(=O)c1ccc(OC)c(F)c1F. The Balaban J connectivity index is 0.00000106. The van der Waals surface area contributed by atoms with Crippen molar-refractivity contribution >= 4 is 28.6 Å².